The van der Waals surface area contributed by atoms with E-state index in [0.29, 0.717) is 18.5 Å². The van der Waals surface area contributed by atoms with E-state index in [0.717, 1.165) is 33.1 Å². The number of rotatable bonds is 6. The molecule has 0 aliphatic heterocycles. The fourth-order valence-electron chi connectivity index (χ4n) is 4.60. The van der Waals surface area contributed by atoms with Crippen LogP contribution in [-0.4, -0.2) is 28.0 Å². The van der Waals surface area contributed by atoms with Crippen molar-refractivity contribution in [1.82, 2.24) is 15.6 Å². The first-order chi connectivity index (χ1) is 14.2. The second-order valence-corrected chi connectivity index (χ2v) is 10.0. The maximum atomic E-state index is 12.9. The zero-order valence-corrected chi connectivity index (χ0v) is 18.6. The summed E-state index contributed by atoms with van der Waals surface area (Å²) in [6.07, 6.45) is 12.5. The molecule has 2 fully saturated rings. The summed E-state index contributed by atoms with van der Waals surface area (Å²) in [5, 5.41) is 7.81. The van der Waals surface area contributed by atoms with Crippen molar-refractivity contribution in [2.24, 2.45) is 0 Å². The van der Waals surface area contributed by atoms with Crippen LogP contribution in [0.2, 0.25) is 0 Å². The minimum Gasteiger partial charge on any atom is -0.376 e. The average molecular weight is 430 g/mol. The second-order valence-electron chi connectivity index (χ2n) is 8.52. The van der Waals surface area contributed by atoms with E-state index < -0.39 is 0 Å². The van der Waals surface area contributed by atoms with Crippen LogP contribution < -0.4 is 10.6 Å². The van der Waals surface area contributed by atoms with Crippen LogP contribution in [0.3, 0.4) is 0 Å². The van der Waals surface area contributed by atoms with Gasteiger partial charge in [-0.05, 0) is 37.8 Å². The predicted molar refractivity (Wildman–Crippen MR) is 125 cm³/mol. The molecule has 6 heteroatoms. The van der Waals surface area contributed by atoms with Crippen LogP contribution in [0.1, 0.15) is 81.6 Å². The van der Waals surface area contributed by atoms with Gasteiger partial charge in [0.15, 0.2) is 0 Å². The van der Waals surface area contributed by atoms with Crippen molar-refractivity contribution in [3.05, 3.63) is 29.3 Å². The molecule has 0 saturated heterocycles. The van der Waals surface area contributed by atoms with E-state index in [1.807, 2.05) is 18.2 Å². The lowest BCUT2D eigenvalue weighted by Gasteiger charge is -2.27. The number of thiazole rings is 1. The van der Waals surface area contributed by atoms with Crippen LogP contribution in [0.25, 0.3) is 10.2 Å². The lowest BCUT2D eigenvalue weighted by atomic mass is 9.94. The van der Waals surface area contributed by atoms with Gasteiger partial charge in [-0.1, -0.05) is 62.9 Å². The molecule has 1 amide bonds. The fourth-order valence-corrected chi connectivity index (χ4v) is 6.11. The molecule has 1 heterocycles. The van der Waals surface area contributed by atoms with Crippen LogP contribution in [0.15, 0.2) is 24.3 Å². The number of para-hydroxylation sites is 1. The molecule has 29 heavy (non-hydrogen) atoms. The number of aromatic nitrogens is 1. The molecule has 1 aromatic heterocycles. The van der Waals surface area contributed by atoms with Gasteiger partial charge < -0.3 is 10.6 Å². The molecule has 0 radical (unpaired) electrons. The topological polar surface area (TPSA) is 54.0 Å². The fraction of sp³-hybridized carbons (Fsp3) is 0.609. The van der Waals surface area contributed by atoms with E-state index in [2.05, 4.69) is 16.7 Å². The summed E-state index contributed by atoms with van der Waals surface area (Å²) < 4.78 is 1.15. The van der Waals surface area contributed by atoms with Gasteiger partial charge in [-0.3, -0.25) is 4.79 Å². The maximum Gasteiger partial charge on any atom is 0.221 e. The van der Waals surface area contributed by atoms with Gasteiger partial charge in [0.1, 0.15) is 5.01 Å². The van der Waals surface area contributed by atoms with Crippen molar-refractivity contribution >= 4 is 44.7 Å². The number of hydrogen-bond acceptors (Lipinski definition) is 4. The zero-order valence-electron chi connectivity index (χ0n) is 17.0. The lowest BCUT2D eigenvalue weighted by Crippen LogP contribution is -2.41. The average Bonchev–Trinajstić information content (AvgIpc) is 3.17. The van der Waals surface area contributed by atoms with Gasteiger partial charge in [0.2, 0.25) is 5.91 Å². The molecule has 0 bridgehead atoms. The maximum absolute atomic E-state index is 12.9. The van der Waals surface area contributed by atoms with Crippen molar-refractivity contribution in [2.45, 2.75) is 88.6 Å². The Morgan fingerprint density at radius 1 is 1.00 bits per heavy atom. The Balaban J connectivity index is 1.49. The molecular weight excluding hydrogens is 398 g/mol. The predicted octanol–water partition coefficient (Wildman–Crippen LogP) is 5.47. The van der Waals surface area contributed by atoms with Crippen LogP contribution in [0.4, 0.5) is 0 Å². The minimum atomic E-state index is -0.145. The van der Waals surface area contributed by atoms with Crippen molar-refractivity contribution < 1.29 is 4.79 Å². The van der Waals surface area contributed by atoms with Gasteiger partial charge >= 0.3 is 0 Å². The third-order valence-corrected chi connectivity index (χ3v) is 7.79. The van der Waals surface area contributed by atoms with E-state index in [-0.39, 0.29) is 11.8 Å². The first kappa shape index (κ1) is 20.7. The molecule has 2 aliphatic carbocycles. The van der Waals surface area contributed by atoms with E-state index in [1.165, 1.54) is 51.4 Å². The number of hydrogen-bond donors (Lipinski definition) is 2. The Labute approximate surface area is 182 Å². The third-order valence-electron chi connectivity index (χ3n) is 6.24. The summed E-state index contributed by atoms with van der Waals surface area (Å²) in [5.41, 5.74) is 0.991. The van der Waals surface area contributed by atoms with Crippen LogP contribution in [0.5, 0.6) is 0 Å². The van der Waals surface area contributed by atoms with Gasteiger partial charge in [-0.2, -0.15) is 0 Å². The molecule has 4 nitrogen and oxygen atoms in total. The summed E-state index contributed by atoms with van der Waals surface area (Å²) in [6, 6.07) is 8.93. The number of thiocarbonyl (C=S) groups is 1. The smallest absolute Gasteiger partial charge is 0.221 e. The molecule has 2 saturated carbocycles. The molecule has 4 rings (SSSR count). The summed E-state index contributed by atoms with van der Waals surface area (Å²) in [6.45, 7) is 0. The highest BCUT2D eigenvalue weighted by Gasteiger charge is 2.27. The van der Waals surface area contributed by atoms with E-state index >= 15 is 0 Å². The van der Waals surface area contributed by atoms with Gasteiger partial charge in [-0.25, -0.2) is 4.98 Å². The molecule has 156 valence electrons. The van der Waals surface area contributed by atoms with Crippen molar-refractivity contribution in [3.8, 4) is 0 Å². The van der Waals surface area contributed by atoms with E-state index in [1.54, 1.807) is 11.3 Å². The number of carbonyl (C=O) groups is 1. The highest BCUT2D eigenvalue weighted by Crippen LogP contribution is 2.31. The molecule has 0 spiro atoms. The molecule has 2 aromatic rings. The number of benzene rings is 1. The highest BCUT2D eigenvalue weighted by atomic mass is 32.1. The molecular formula is C23H31N3OS2. The van der Waals surface area contributed by atoms with Gasteiger partial charge in [0, 0.05) is 18.5 Å². The summed E-state index contributed by atoms with van der Waals surface area (Å²) >= 11 is 7.51. The van der Waals surface area contributed by atoms with E-state index in [4.69, 9.17) is 17.2 Å². The molecule has 1 atom stereocenters. The van der Waals surface area contributed by atoms with Crippen LogP contribution in [-0.2, 0) is 4.79 Å². The quantitative estimate of drug-likeness (QED) is 0.598. The minimum absolute atomic E-state index is 0.106. The lowest BCUT2D eigenvalue weighted by molar-refractivity contribution is -0.122. The zero-order chi connectivity index (χ0) is 20.1. The first-order valence-electron chi connectivity index (χ1n) is 11.1. The Bertz CT molecular complexity index is 805. The van der Waals surface area contributed by atoms with E-state index in [9.17, 15) is 4.79 Å². The summed E-state index contributed by atoms with van der Waals surface area (Å²) in [4.78, 5) is 18.5. The largest absolute Gasteiger partial charge is 0.376 e. The van der Waals surface area contributed by atoms with Crippen molar-refractivity contribution in [1.29, 1.82) is 0 Å². The number of nitrogens with one attached hydrogen (secondary N) is 2. The Morgan fingerprint density at radius 3 is 2.28 bits per heavy atom. The van der Waals surface area contributed by atoms with Gasteiger partial charge in [0.25, 0.3) is 0 Å². The van der Waals surface area contributed by atoms with Crippen LogP contribution in [0, 0.1) is 0 Å². The highest BCUT2D eigenvalue weighted by molar-refractivity contribution is 7.80. The Hall–Kier alpha value is -1.53. The number of carbonyl (C=O) groups excluding carboxylic acids is 1. The SMILES string of the molecule is O=C(CC(C(=S)NC1CCCCC1)c1nc2ccccc2s1)NC1CCCCC1. The Morgan fingerprint density at radius 2 is 1.62 bits per heavy atom. The first-order valence-corrected chi connectivity index (χ1v) is 12.4. The van der Waals surface area contributed by atoms with Gasteiger partial charge in [0.05, 0.1) is 21.1 Å². The third kappa shape index (κ3) is 5.54. The monoisotopic (exact) mass is 429 g/mol. The normalized spacial score (nSPS) is 19.7. The number of nitrogens with zero attached hydrogens (tertiary/aromatic N) is 1. The van der Waals surface area contributed by atoms with Gasteiger partial charge in [-0.15, -0.1) is 11.3 Å². The Kier molecular flexibility index (Phi) is 7.14. The molecule has 2 N–H and O–H groups in total. The number of fused-ring (bicyclic) bond motifs is 1. The number of amides is 1. The van der Waals surface area contributed by atoms with Crippen molar-refractivity contribution in [2.75, 3.05) is 0 Å². The second kappa shape index (κ2) is 9.98. The van der Waals surface area contributed by atoms with Crippen LogP contribution >= 0.6 is 23.6 Å². The molecule has 1 unspecified atom stereocenters. The van der Waals surface area contributed by atoms with Crippen molar-refractivity contribution in [3.63, 3.8) is 0 Å². The summed E-state index contributed by atoms with van der Waals surface area (Å²) in [5.74, 6) is -0.0399. The summed E-state index contributed by atoms with van der Waals surface area (Å²) in [7, 11) is 0. The molecule has 2 aliphatic rings. The standard InChI is InChI=1S/C23H31N3OS2/c27-21(24-16-9-3-1-4-10-16)15-18(22(28)25-17-11-5-2-6-12-17)23-26-19-13-7-8-14-20(19)29-23/h7-8,13-14,16-18H,1-6,9-12,15H2,(H,24,27)(H,25,28). The molecule has 1 aromatic carbocycles.